The van der Waals surface area contributed by atoms with Crippen molar-refractivity contribution in [2.45, 2.75) is 6.54 Å². The van der Waals surface area contributed by atoms with E-state index < -0.39 is 0 Å². The van der Waals surface area contributed by atoms with E-state index in [0.717, 1.165) is 55.4 Å². The van der Waals surface area contributed by atoms with Gasteiger partial charge in [-0.25, -0.2) is 9.97 Å². The van der Waals surface area contributed by atoms with Crippen LogP contribution in [0.1, 0.15) is 15.9 Å². The molecule has 31 heavy (non-hydrogen) atoms. The lowest BCUT2D eigenvalue weighted by molar-refractivity contribution is 0.0342. The molecule has 1 saturated heterocycles. The molecule has 1 aliphatic heterocycles. The third kappa shape index (κ3) is 4.47. The molecule has 0 radical (unpaired) electrons. The first kappa shape index (κ1) is 19.4. The van der Waals surface area contributed by atoms with Crippen LogP contribution in [0.4, 0.5) is 5.69 Å². The Morgan fingerprint density at radius 2 is 1.90 bits per heavy atom. The number of amides is 1. The van der Waals surface area contributed by atoms with Gasteiger partial charge in [-0.15, -0.1) is 0 Å². The van der Waals surface area contributed by atoms with Gasteiger partial charge in [-0.1, -0.05) is 24.3 Å². The van der Waals surface area contributed by atoms with Gasteiger partial charge in [0.1, 0.15) is 0 Å². The van der Waals surface area contributed by atoms with E-state index in [1.807, 2.05) is 65.3 Å². The van der Waals surface area contributed by atoms with Gasteiger partial charge in [0.05, 0.1) is 18.9 Å². The third-order valence-corrected chi connectivity index (χ3v) is 5.37. The van der Waals surface area contributed by atoms with Gasteiger partial charge >= 0.3 is 0 Å². The van der Waals surface area contributed by atoms with E-state index in [9.17, 15) is 4.79 Å². The summed E-state index contributed by atoms with van der Waals surface area (Å²) >= 11 is 0. The number of rotatable bonds is 5. The molecule has 2 aromatic heterocycles. The minimum absolute atomic E-state index is 0.117. The maximum absolute atomic E-state index is 12.8. The van der Waals surface area contributed by atoms with E-state index in [-0.39, 0.29) is 5.91 Å². The van der Waals surface area contributed by atoms with E-state index in [1.165, 1.54) is 0 Å². The van der Waals surface area contributed by atoms with Crippen LogP contribution in [0.25, 0.3) is 17.0 Å². The summed E-state index contributed by atoms with van der Waals surface area (Å²) in [6, 6.07) is 17.4. The summed E-state index contributed by atoms with van der Waals surface area (Å²) < 4.78 is 7.29. The Kier molecular flexibility index (Phi) is 5.43. The van der Waals surface area contributed by atoms with Gasteiger partial charge in [0.2, 0.25) is 5.78 Å². The van der Waals surface area contributed by atoms with Crippen LogP contribution in [0, 0.1) is 0 Å². The topological polar surface area (TPSA) is 71.8 Å². The van der Waals surface area contributed by atoms with Crippen molar-refractivity contribution >= 4 is 17.4 Å². The quantitative estimate of drug-likeness (QED) is 0.542. The minimum atomic E-state index is -0.117. The molecule has 0 atom stereocenters. The molecule has 0 bridgehead atoms. The number of hydrogen-bond donors (Lipinski definition) is 1. The molecule has 4 aromatic rings. The van der Waals surface area contributed by atoms with Gasteiger partial charge in [0.25, 0.3) is 5.91 Å². The zero-order valence-electron chi connectivity index (χ0n) is 17.1. The molecule has 1 aliphatic rings. The van der Waals surface area contributed by atoms with Gasteiger partial charge in [-0.2, -0.15) is 0 Å². The largest absolute Gasteiger partial charge is 0.379 e. The van der Waals surface area contributed by atoms with Crippen LogP contribution in [0.3, 0.4) is 0 Å². The number of nitrogens with one attached hydrogen (secondary N) is 1. The molecule has 156 valence electrons. The highest BCUT2D eigenvalue weighted by Gasteiger charge is 2.13. The van der Waals surface area contributed by atoms with Crippen LogP contribution >= 0.6 is 0 Å². The maximum atomic E-state index is 12.8. The Morgan fingerprint density at radius 1 is 1.06 bits per heavy atom. The molecule has 1 fully saturated rings. The molecule has 0 spiro atoms. The zero-order valence-corrected chi connectivity index (χ0v) is 17.1. The van der Waals surface area contributed by atoms with Gasteiger partial charge in [-0.3, -0.25) is 14.1 Å². The summed E-state index contributed by atoms with van der Waals surface area (Å²) in [6.07, 6.45) is 5.58. The second-order valence-electron chi connectivity index (χ2n) is 7.57. The van der Waals surface area contributed by atoms with Crippen LogP contribution in [0.15, 0.2) is 73.2 Å². The standard InChI is InChI=1S/C24H23N5O2/c30-23(20-4-1-3-18(15-20)16-28-11-13-31-14-12-28)26-21-7-5-19(6-8-21)22-17-29-10-2-9-25-24(29)27-22/h1-10,15,17H,11-14,16H2,(H,26,30). The van der Waals surface area contributed by atoms with Crippen LogP contribution in [0.5, 0.6) is 0 Å². The normalized spacial score (nSPS) is 14.6. The van der Waals surface area contributed by atoms with Crippen LogP contribution in [-0.4, -0.2) is 51.5 Å². The van der Waals surface area contributed by atoms with Crippen molar-refractivity contribution in [1.82, 2.24) is 19.3 Å². The highest BCUT2D eigenvalue weighted by atomic mass is 16.5. The van der Waals surface area contributed by atoms with Crippen LogP contribution < -0.4 is 5.32 Å². The number of anilines is 1. The minimum Gasteiger partial charge on any atom is -0.379 e. The summed E-state index contributed by atoms with van der Waals surface area (Å²) in [7, 11) is 0. The first-order valence-corrected chi connectivity index (χ1v) is 10.4. The molecule has 7 nitrogen and oxygen atoms in total. The number of ether oxygens (including phenoxy) is 1. The number of hydrogen-bond acceptors (Lipinski definition) is 5. The Balaban J connectivity index is 1.26. The number of carbonyl (C=O) groups is 1. The first-order valence-electron chi connectivity index (χ1n) is 10.4. The lowest BCUT2D eigenvalue weighted by Crippen LogP contribution is -2.35. The number of benzene rings is 2. The molecule has 0 unspecified atom stereocenters. The Hall–Kier alpha value is -3.55. The molecular weight excluding hydrogens is 390 g/mol. The van der Waals surface area contributed by atoms with E-state index in [2.05, 4.69) is 26.3 Å². The Morgan fingerprint density at radius 3 is 2.71 bits per heavy atom. The fraction of sp³-hybridized carbons (Fsp3) is 0.208. The number of imidazole rings is 1. The highest BCUT2D eigenvalue weighted by molar-refractivity contribution is 6.04. The second-order valence-corrected chi connectivity index (χ2v) is 7.57. The van der Waals surface area contributed by atoms with Crippen molar-refractivity contribution in [3.63, 3.8) is 0 Å². The fourth-order valence-corrected chi connectivity index (χ4v) is 3.73. The van der Waals surface area contributed by atoms with E-state index >= 15 is 0 Å². The lowest BCUT2D eigenvalue weighted by Gasteiger charge is -2.26. The number of nitrogens with zero attached hydrogens (tertiary/aromatic N) is 4. The summed E-state index contributed by atoms with van der Waals surface area (Å²) in [4.78, 5) is 23.9. The average Bonchev–Trinajstić information content (AvgIpc) is 3.25. The highest BCUT2D eigenvalue weighted by Crippen LogP contribution is 2.21. The molecule has 7 heteroatoms. The van der Waals surface area contributed by atoms with Crippen molar-refractivity contribution in [3.8, 4) is 11.3 Å². The van der Waals surface area contributed by atoms with Crippen molar-refractivity contribution in [2.24, 2.45) is 0 Å². The molecule has 1 amide bonds. The van der Waals surface area contributed by atoms with Gasteiger partial charge in [-0.05, 0) is 35.9 Å². The average molecular weight is 413 g/mol. The molecule has 2 aromatic carbocycles. The Bertz CT molecular complexity index is 1160. The predicted molar refractivity (Wildman–Crippen MR) is 119 cm³/mol. The molecule has 1 N–H and O–H groups in total. The van der Waals surface area contributed by atoms with Crippen molar-refractivity contribution in [1.29, 1.82) is 0 Å². The monoisotopic (exact) mass is 413 g/mol. The third-order valence-electron chi connectivity index (χ3n) is 5.37. The van der Waals surface area contributed by atoms with E-state index in [1.54, 1.807) is 6.20 Å². The van der Waals surface area contributed by atoms with Crippen molar-refractivity contribution in [2.75, 3.05) is 31.6 Å². The molecule has 0 saturated carbocycles. The number of morpholine rings is 1. The number of aromatic nitrogens is 3. The second kappa shape index (κ2) is 8.67. The van der Waals surface area contributed by atoms with Gasteiger partial charge < -0.3 is 10.1 Å². The SMILES string of the molecule is O=C(Nc1ccc(-c2cn3cccnc3n2)cc1)c1cccc(CN2CCOCC2)c1. The molecule has 5 rings (SSSR count). The summed E-state index contributed by atoms with van der Waals surface area (Å²) in [5.74, 6) is 0.542. The summed E-state index contributed by atoms with van der Waals surface area (Å²) in [5.41, 5.74) is 4.34. The molecular formula is C24H23N5O2. The van der Waals surface area contributed by atoms with Gasteiger partial charge in [0.15, 0.2) is 0 Å². The summed E-state index contributed by atoms with van der Waals surface area (Å²) in [6.45, 7) is 4.20. The number of fused-ring (bicyclic) bond motifs is 1. The summed E-state index contributed by atoms with van der Waals surface area (Å²) in [5, 5.41) is 2.98. The van der Waals surface area contributed by atoms with Crippen LogP contribution in [0.2, 0.25) is 0 Å². The Labute approximate surface area is 180 Å². The molecule has 3 heterocycles. The van der Waals surface area contributed by atoms with Gasteiger partial charge in [0, 0.05) is 55.0 Å². The first-order chi connectivity index (χ1) is 15.2. The number of carbonyl (C=O) groups excluding carboxylic acids is 1. The smallest absolute Gasteiger partial charge is 0.255 e. The van der Waals surface area contributed by atoms with Crippen molar-refractivity contribution in [3.05, 3.63) is 84.3 Å². The fourth-order valence-electron chi connectivity index (χ4n) is 3.73. The van der Waals surface area contributed by atoms with Crippen molar-refractivity contribution < 1.29 is 9.53 Å². The molecule has 0 aliphatic carbocycles. The lowest BCUT2D eigenvalue weighted by atomic mass is 10.1. The zero-order chi connectivity index (χ0) is 21.0. The van der Waals surface area contributed by atoms with E-state index in [4.69, 9.17) is 4.74 Å². The van der Waals surface area contributed by atoms with E-state index in [0.29, 0.717) is 11.3 Å². The predicted octanol–water partition coefficient (Wildman–Crippen LogP) is 3.48. The maximum Gasteiger partial charge on any atom is 0.255 e. The van der Waals surface area contributed by atoms with Crippen LogP contribution in [-0.2, 0) is 11.3 Å².